The normalized spacial score (nSPS) is 11.3. The predicted octanol–water partition coefficient (Wildman–Crippen LogP) is 3.52. The van der Waals surface area contributed by atoms with E-state index >= 15 is 0 Å². The van der Waals surface area contributed by atoms with Gasteiger partial charge in [-0.25, -0.2) is 24.3 Å². The number of halogens is 4. The summed E-state index contributed by atoms with van der Waals surface area (Å²) in [5.74, 6) is -0.833. The molecule has 15 heteroatoms. The summed E-state index contributed by atoms with van der Waals surface area (Å²) in [6, 6.07) is 5.31. The Kier molecular flexibility index (Phi) is 8.43. The van der Waals surface area contributed by atoms with Crippen molar-refractivity contribution in [1.82, 2.24) is 30.2 Å². The third-order valence-electron chi connectivity index (χ3n) is 5.55. The number of carbonyl (C=O) groups is 1. The predicted molar refractivity (Wildman–Crippen MR) is 138 cm³/mol. The molecule has 0 saturated carbocycles. The minimum Gasteiger partial charge on any atom is -0.493 e. The van der Waals surface area contributed by atoms with Crippen LogP contribution in [0.5, 0.6) is 5.75 Å². The Hall–Kier alpha value is -4.79. The number of hydrogen-bond donors (Lipinski definition) is 4. The molecule has 0 atom stereocenters. The summed E-state index contributed by atoms with van der Waals surface area (Å²) >= 11 is 0. The lowest BCUT2D eigenvalue weighted by Crippen LogP contribution is -2.31. The van der Waals surface area contributed by atoms with Gasteiger partial charge in [0, 0.05) is 38.2 Å². The molecule has 0 aliphatic heterocycles. The number of methoxy groups -OCH3 is 2. The van der Waals surface area contributed by atoms with Gasteiger partial charge in [0.1, 0.15) is 23.9 Å². The smallest absolute Gasteiger partial charge is 0.416 e. The molecule has 0 spiro atoms. The van der Waals surface area contributed by atoms with Crippen molar-refractivity contribution in [2.45, 2.75) is 6.18 Å². The number of hydrogen-bond acceptors (Lipinski definition) is 9. The van der Waals surface area contributed by atoms with E-state index in [1.54, 1.807) is 12.1 Å². The number of nitrogens with zero attached hydrogens (tertiary/aromatic N) is 4. The number of nitrogens with two attached hydrogens (primary N) is 1. The fourth-order valence-corrected chi connectivity index (χ4v) is 3.67. The molecule has 0 unspecified atom stereocenters. The second-order valence-corrected chi connectivity index (χ2v) is 8.29. The molecule has 210 valence electrons. The lowest BCUT2D eigenvalue weighted by molar-refractivity contribution is -0.137. The summed E-state index contributed by atoms with van der Waals surface area (Å²) in [6.45, 7) is 0.510. The number of aromatic amines is 1. The highest BCUT2D eigenvalue weighted by Crippen LogP contribution is 2.37. The number of amides is 1. The third kappa shape index (κ3) is 6.43. The van der Waals surface area contributed by atoms with E-state index in [0.29, 0.717) is 29.6 Å². The molecule has 1 amide bonds. The molecule has 4 aromatic rings. The molecule has 0 fully saturated rings. The van der Waals surface area contributed by atoms with Gasteiger partial charge in [-0.05, 0) is 30.3 Å². The monoisotopic (exact) mass is 560 g/mol. The average molecular weight is 561 g/mol. The minimum absolute atomic E-state index is 0.0407. The van der Waals surface area contributed by atoms with Gasteiger partial charge in [0.25, 0.3) is 0 Å². The van der Waals surface area contributed by atoms with Crippen LogP contribution in [0.2, 0.25) is 0 Å². The number of pyridine rings is 1. The number of alkyl halides is 3. The third-order valence-corrected chi connectivity index (χ3v) is 5.55. The molecule has 3 aromatic heterocycles. The molecule has 5 N–H and O–H groups in total. The number of aromatic nitrogens is 5. The van der Waals surface area contributed by atoms with Crippen molar-refractivity contribution in [3.05, 3.63) is 54.1 Å². The second-order valence-electron chi connectivity index (χ2n) is 8.29. The van der Waals surface area contributed by atoms with Crippen LogP contribution in [-0.2, 0) is 15.7 Å². The number of ether oxygens (including phenoxy) is 2. The summed E-state index contributed by atoms with van der Waals surface area (Å²) in [4.78, 5) is 31.7. The first-order chi connectivity index (χ1) is 19.1. The summed E-state index contributed by atoms with van der Waals surface area (Å²) in [7, 11) is 2.82. The van der Waals surface area contributed by atoms with E-state index in [1.165, 1.54) is 26.6 Å². The van der Waals surface area contributed by atoms with E-state index in [0.717, 1.165) is 12.1 Å². The largest absolute Gasteiger partial charge is 0.493 e. The molecule has 4 rings (SSSR count). The summed E-state index contributed by atoms with van der Waals surface area (Å²) in [5, 5.41) is 5.63. The van der Waals surface area contributed by atoms with Gasteiger partial charge in [-0.2, -0.15) is 13.2 Å². The van der Waals surface area contributed by atoms with Gasteiger partial charge in [0.2, 0.25) is 11.9 Å². The van der Waals surface area contributed by atoms with Crippen molar-refractivity contribution in [1.29, 1.82) is 0 Å². The van der Waals surface area contributed by atoms with Gasteiger partial charge < -0.3 is 30.8 Å². The lowest BCUT2D eigenvalue weighted by Gasteiger charge is -2.09. The van der Waals surface area contributed by atoms with Crippen molar-refractivity contribution in [2.75, 3.05) is 45.0 Å². The zero-order chi connectivity index (χ0) is 28.9. The van der Waals surface area contributed by atoms with Crippen molar-refractivity contribution in [2.24, 2.45) is 0 Å². The average Bonchev–Trinajstić information content (AvgIpc) is 3.36. The first-order valence-electron chi connectivity index (χ1n) is 11.7. The molecular formula is C25H24F4N8O3. The standard InChI is InChI=1S/C25H24F4N8O3/c1-39-12-19(38)31-7-8-33-24-32-6-5-17(35-24)21-20(13-9-18(40-2)22(30)34-11-13)36-23(37-21)15-4-3-14(10-16(15)26)25(27,28)29/h3-6,9-11H,7-8,12H2,1-2H3,(H2,30,34)(H,31,38)(H,36,37)(H,32,33,35). The number of H-pyrrole nitrogens is 1. The minimum atomic E-state index is -4.71. The summed E-state index contributed by atoms with van der Waals surface area (Å²) in [5.41, 5.74) is 5.85. The maximum Gasteiger partial charge on any atom is 0.416 e. The van der Waals surface area contributed by atoms with Crippen LogP contribution in [0.4, 0.5) is 29.3 Å². The molecule has 0 aliphatic rings. The molecule has 3 heterocycles. The number of nitrogens with one attached hydrogen (secondary N) is 3. The van der Waals surface area contributed by atoms with Crippen LogP contribution < -0.4 is 21.1 Å². The fourth-order valence-electron chi connectivity index (χ4n) is 3.67. The van der Waals surface area contributed by atoms with Crippen LogP contribution in [0.25, 0.3) is 34.0 Å². The number of benzene rings is 1. The number of nitrogen functional groups attached to an aromatic ring is 1. The van der Waals surface area contributed by atoms with Crippen molar-refractivity contribution in [3.8, 4) is 39.8 Å². The summed E-state index contributed by atoms with van der Waals surface area (Å²) in [6.07, 6.45) is -1.81. The fraction of sp³-hybridized carbons (Fsp3) is 0.240. The van der Waals surface area contributed by atoms with Crippen LogP contribution in [0.3, 0.4) is 0 Å². The van der Waals surface area contributed by atoms with Gasteiger partial charge in [0.15, 0.2) is 11.6 Å². The lowest BCUT2D eigenvalue weighted by atomic mass is 10.1. The Balaban J connectivity index is 1.72. The van der Waals surface area contributed by atoms with Gasteiger partial charge >= 0.3 is 6.18 Å². The van der Waals surface area contributed by atoms with Gasteiger partial charge in [-0.15, -0.1) is 0 Å². The molecular weight excluding hydrogens is 536 g/mol. The number of anilines is 2. The van der Waals surface area contributed by atoms with E-state index in [2.05, 4.69) is 35.6 Å². The van der Waals surface area contributed by atoms with Crippen molar-refractivity contribution in [3.63, 3.8) is 0 Å². The van der Waals surface area contributed by atoms with Crippen LogP contribution in [0.15, 0.2) is 42.7 Å². The van der Waals surface area contributed by atoms with E-state index in [1.807, 2.05) is 0 Å². The molecule has 40 heavy (non-hydrogen) atoms. The second kappa shape index (κ2) is 11.9. The van der Waals surface area contributed by atoms with Gasteiger partial charge in [0.05, 0.1) is 29.6 Å². The van der Waals surface area contributed by atoms with Gasteiger partial charge in [-0.3, -0.25) is 4.79 Å². The first-order valence-corrected chi connectivity index (χ1v) is 11.7. The Morgan fingerprint density at radius 3 is 2.60 bits per heavy atom. The summed E-state index contributed by atoms with van der Waals surface area (Å²) < 4.78 is 64.1. The highest BCUT2D eigenvalue weighted by Gasteiger charge is 2.31. The maximum absolute atomic E-state index is 14.8. The highest BCUT2D eigenvalue weighted by molar-refractivity contribution is 5.81. The first kappa shape index (κ1) is 28.2. The zero-order valence-corrected chi connectivity index (χ0v) is 21.3. The van der Waals surface area contributed by atoms with E-state index in [9.17, 15) is 22.4 Å². The van der Waals surface area contributed by atoms with Crippen LogP contribution in [-0.4, -0.2) is 64.7 Å². The van der Waals surface area contributed by atoms with E-state index in [4.69, 9.17) is 15.2 Å². The quantitative estimate of drug-likeness (QED) is 0.169. The molecule has 0 radical (unpaired) electrons. The van der Waals surface area contributed by atoms with E-state index < -0.39 is 17.6 Å². The number of imidazole rings is 1. The van der Waals surface area contributed by atoms with Crippen molar-refractivity contribution >= 4 is 17.7 Å². The molecule has 0 bridgehead atoms. The van der Waals surface area contributed by atoms with Crippen LogP contribution in [0.1, 0.15) is 5.56 Å². The Bertz CT molecular complexity index is 1510. The maximum atomic E-state index is 14.8. The van der Waals surface area contributed by atoms with Gasteiger partial charge in [-0.1, -0.05) is 0 Å². The topological polar surface area (TPSA) is 153 Å². The molecule has 0 saturated heterocycles. The molecule has 0 aliphatic carbocycles. The Labute approximate surface area is 225 Å². The Morgan fingerprint density at radius 2 is 1.90 bits per heavy atom. The molecule has 11 nitrogen and oxygen atoms in total. The highest BCUT2D eigenvalue weighted by atomic mass is 19.4. The van der Waals surface area contributed by atoms with E-state index in [-0.39, 0.29) is 53.7 Å². The molecule has 1 aromatic carbocycles. The zero-order valence-electron chi connectivity index (χ0n) is 21.3. The van der Waals surface area contributed by atoms with Crippen molar-refractivity contribution < 1.29 is 31.8 Å². The van der Waals surface area contributed by atoms with Crippen LogP contribution >= 0.6 is 0 Å². The number of rotatable bonds is 10. The SMILES string of the molecule is COCC(=O)NCCNc1nccc(-c2[nH]c(-c3ccc(C(F)(F)F)cc3F)nc2-c2cnc(N)c(OC)c2)n1. The Morgan fingerprint density at radius 1 is 1.10 bits per heavy atom. The number of carbonyl (C=O) groups excluding carboxylic acids is 1. The van der Waals surface area contributed by atoms with Crippen LogP contribution in [0, 0.1) is 5.82 Å².